The highest BCUT2D eigenvalue weighted by Crippen LogP contribution is 2.28. The van der Waals surface area contributed by atoms with E-state index >= 15 is 0 Å². The van der Waals surface area contributed by atoms with Crippen LogP contribution in [0.15, 0.2) is 47.2 Å². The van der Waals surface area contributed by atoms with E-state index in [1.807, 2.05) is 38.3 Å². The first-order chi connectivity index (χ1) is 13.7. The maximum Gasteiger partial charge on any atom is 0.358 e. The molecule has 0 aliphatic rings. The molecule has 0 fully saturated rings. The van der Waals surface area contributed by atoms with Crippen molar-refractivity contribution in [3.8, 4) is 9.88 Å². The largest absolute Gasteiger partial charge is 0.453 e. The summed E-state index contributed by atoms with van der Waals surface area (Å²) in [4.78, 5) is 41.7. The lowest BCUT2D eigenvalue weighted by atomic mass is 9.95. The molecule has 2 aromatic heterocycles. The first-order valence-corrected chi connectivity index (χ1v) is 10.6. The number of nitrogens with zero attached hydrogens (tertiary/aromatic N) is 1. The van der Waals surface area contributed by atoms with Crippen molar-refractivity contribution in [2.75, 3.05) is 11.9 Å². The lowest BCUT2D eigenvalue weighted by Crippen LogP contribution is -2.27. The van der Waals surface area contributed by atoms with Crippen molar-refractivity contribution in [1.29, 1.82) is 0 Å². The number of ether oxygens (including phenoxy) is 1. The molecule has 0 aliphatic heterocycles. The molecule has 0 atom stereocenters. The Morgan fingerprint density at radius 2 is 1.79 bits per heavy atom. The fourth-order valence-electron chi connectivity index (χ4n) is 2.23. The SMILES string of the molecule is CC(C)(C)C(=O)Nc1ccc(C(=O)COC(=O)c2csc(-c3cccs3)n2)cc1. The Bertz CT molecular complexity index is 1020. The van der Waals surface area contributed by atoms with Gasteiger partial charge in [0.25, 0.3) is 0 Å². The molecule has 1 aromatic carbocycles. The van der Waals surface area contributed by atoms with E-state index in [2.05, 4.69) is 10.3 Å². The van der Waals surface area contributed by atoms with Gasteiger partial charge in [0.15, 0.2) is 18.1 Å². The van der Waals surface area contributed by atoms with Gasteiger partial charge in [-0.2, -0.15) is 0 Å². The number of thiophene rings is 1. The van der Waals surface area contributed by atoms with Crippen LogP contribution in [0.5, 0.6) is 0 Å². The van der Waals surface area contributed by atoms with Gasteiger partial charge in [-0.15, -0.1) is 22.7 Å². The summed E-state index contributed by atoms with van der Waals surface area (Å²) in [6.07, 6.45) is 0. The minimum absolute atomic E-state index is 0.115. The van der Waals surface area contributed by atoms with Crippen molar-refractivity contribution < 1.29 is 19.1 Å². The minimum atomic E-state index is -0.633. The molecule has 1 N–H and O–H groups in total. The fraction of sp³-hybridized carbons (Fsp3) is 0.238. The normalized spacial score (nSPS) is 11.1. The molecule has 0 radical (unpaired) electrons. The number of hydrogen-bond donors (Lipinski definition) is 1. The van der Waals surface area contributed by atoms with Crippen LogP contribution in [0.2, 0.25) is 0 Å². The van der Waals surface area contributed by atoms with Crippen LogP contribution in [0.4, 0.5) is 5.69 Å². The van der Waals surface area contributed by atoms with Gasteiger partial charge >= 0.3 is 5.97 Å². The predicted molar refractivity (Wildman–Crippen MR) is 115 cm³/mol. The van der Waals surface area contributed by atoms with E-state index in [0.29, 0.717) is 11.3 Å². The Morgan fingerprint density at radius 3 is 2.41 bits per heavy atom. The average Bonchev–Trinajstić information content (AvgIpc) is 3.37. The number of rotatable bonds is 6. The van der Waals surface area contributed by atoms with Crippen LogP contribution in [0.1, 0.15) is 41.6 Å². The molecule has 3 rings (SSSR count). The molecule has 8 heteroatoms. The van der Waals surface area contributed by atoms with Crippen LogP contribution in [0.25, 0.3) is 9.88 Å². The molecule has 0 saturated carbocycles. The molecule has 1 amide bonds. The summed E-state index contributed by atoms with van der Waals surface area (Å²) in [5.74, 6) is -1.08. The van der Waals surface area contributed by atoms with E-state index in [4.69, 9.17) is 4.74 Å². The third-order valence-corrected chi connectivity index (χ3v) is 5.81. The number of carbonyl (C=O) groups excluding carboxylic acids is 3. The number of aromatic nitrogens is 1. The molecule has 29 heavy (non-hydrogen) atoms. The van der Waals surface area contributed by atoms with Gasteiger partial charge < -0.3 is 10.1 Å². The highest BCUT2D eigenvalue weighted by molar-refractivity contribution is 7.20. The highest BCUT2D eigenvalue weighted by Gasteiger charge is 2.21. The number of benzene rings is 1. The lowest BCUT2D eigenvalue weighted by molar-refractivity contribution is -0.123. The number of anilines is 1. The number of esters is 1. The van der Waals surface area contributed by atoms with E-state index in [9.17, 15) is 14.4 Å². The van der Waals surface area contributed by atoms with Gasteiger partial charge in [-0.1, -0.05) is 26.8 Å². The van der Waals surface area contributed by atoms with Crippen LogP contribution >= 0.6 is 22.7 Å². The lowest BCUT2D eigenvalue weighted by Gasteiger charge is -2.17. The van der Waals surface area contributed by atoms with Crippen molar-refractivity contribution in [3.05, 3.63) is 58.4 Å². The van der Waals surface area contributed by atoms with E-state index < -0.39 is 11.4 Å². The van der Waals surface area contributed by atoms with Crippen molar-refractivity contribution >= 4 is 46.0 Å². The number of ketones is 1. The monoisotopic (exact) mass is 428 g/mol. The predicted octanol–water partition coefficient (Wildman–Crippen LogP) is 4.90. The van der Waals surface area contributed by atoms with E-state index in [1.165, 1.54) is 22.7 Å². The Kier molecular flexibility index (Phi) is 6.24. The van der Waals surface area contributed by atoms with E-state index in [0.717, 1.165) is 9.88 Å². The summed E-state index contributed by atoms with van der Waals surface area (Å²) >= 11 is 2.89. The smallest absolute Gasteiger partial charge is 0.358 e. The van der Waals surface area contributed by atoms with Gasteiger partial charge in [-0.05, 0) is 35.7 Å². The Hall–Kier alpha value is -2.84. The molecular formula is C21H20N2O4S2. The van der Waals surface area contributed by atoms with Crippen molar-refractivity contribution in [2.45, 2.75) is 20.8 Å². The minimum Gasteiger partial charge on any atom is -0.453 e. The van der Waals surface area contributed by atoms with Gasteiger partial charge in [-0.3, -0.25) is 9.59 Å². The molecule has 0 bridgehead atoms. The van der Waals surface area contributed by atoms with Gasteiger partial charge in [-0.25, -0.2) is 9.78 Å². The number of hydrogen-bond acceptors (Lipinski definition) is 7. The first kappa shape index (κ1) is 20.9. The number of Topliss-reactive ketones (excluding diaryl/α,β-unsaturated/α-hetero) is 1. The first-order valence-electron chi connectivity index (χ1n) is 8.85. The second-order valence-electron chi connectivity index (χ2n) is 7.30. The fourth-order valence-corrected chi connectivity index (χ4v) is 3.83. The van der Waals surface area contributed by atoms with Crippen LogP contribution in [-0.2, 0) is 9.53 Å². The summed E-state index contributed by atoms with van der Waals surface area (Å²) in [5.41, 5.74) is 0.666. The summed E-state index contributed by atoms with van der Waals surface area (Å²) in [6, 6.07) is 10.3. The third kappa shape index (κ3) is 5.36. The highest BCUT2D eigenvalue weighted by atomic mass is 32.1. The van der Waals surface area contributed by atoms with Gasteiger partial charge in [0.1, 0.15) is 5.01 Å². The molecule has 0 aliphatic carbocycles. The van der Waals surface area contributed by atoms with Crippen LogP contribution in [0.3, 0.4) is 0 Å². The van der Waals surface area contributed by atoms with Crippen LogP contribution in [-0.4, -0.2) is 29.3 Å². The Morgan fingerprint density at radius 1 is 1.07 bits per heavy atom. The molecule has 2 heterocycles. The second-order valence-corrected chi connectivity index (χ2v) is 9.10. The standard InChI is InChI=1S/C21H20N2O4S2/c1-21(2,3)20(26)22-14-8-6-13(7-9-14)16(24)11-27-19(25)15-12-29-18(23-15)17-5-4-10-28-17/h4-10,12H,11H2,1-3H3,(H,22,26). The van der Waals surface area contributed by atoms with Gasteiger partial charge in [0, 0.05) is 22.0 Å². The van der Waals surface area contributed by atoms with Gasteiger partial charge in [0.05, 0.1) is 4.88 Å². The zero-order valence-corrected chi connectivity index (χ0v) is 17.9. The molecule has 0 spiro atoms. The summed E-state index contributed by atoms with van der Waals surface area (Å²) in [7, 11) is 0. The molecule has 0 unspecified atom stereocenters. The zero-order valence-electron chi connectivity index (χ0n) is 16.2. The Balaban J connectivity index is 1.55. The maximum absolute atomic E-state index is 12.3. The average molecular weight is 429 g/mol. The van der Waals surface area contributed by atoms with Crippen LogP contribution < -0.4 is 5.32 Å². The number of amides is 1. The zero-order chi connectivity index (χ0) is 21.0. The summed E-state index contributed by atoms with van der Waals surface area (Å²) < 4.78 is 5.10. The van der Waals surface area contributed by atoms with E-state index in [-0.39, 0.29) is 24.0 Å². The topological polar surface area (TPSA) is 85.4 Å². The molecule has 3 aromatic rings. The summed E-state index contributed by atoms with van der Waals surface area (Å²) in [5, 5.41) is 7.09. The summed E-state index contributed by atoms with van der Waals surface area (Å²) in [6.45, 7) is 5.08. The maximum atomic E-state index is 12.3. The van der Waals surface area contributed by atoms with E-state index in [1.54, 1.807) is 29.6 Å². The second kappa shape index (κ2) is 8.67. The van der Waals surface area contributed by atoms with Crippen LogP contribution in [0, 0.1) is 5.41 Å². The molecule has 6 nitrogen and oxygen atoms in total. The molecular weight excluding hydrogens is 408 g/mol. The number of carbonyl (C=O) groups is 3. The third-order valence-electron chi connectivity index (χ3n) is 3.93. The van der Waals surface area contributed by atoms with Crippen molar-refractivity contribution in [1.82, 2.24) is 4.98 Å². The Labute approximate surface area is 176 Å². The van der Waals surface area contributed by atoms with Crippen molar-refractivity contribution in [2.24, 2.45) is 5.41 Å². The van der Waals surface area contributed by atoms with Gasteiger partial charge in [0.2, 0.25) is 5.91 Å². The number of nitrogens with one attached hydrogen (secondary N) is 1. The number of thiazole rings is 1. The molecule has 150 valence electrons. The quantitative estimate of drug-likeness (QED) is 0.446. The van der Waals surface area contributed by atoms with Crippen molar-refractivity contribution in [3.63, 3.8) is 0 Å². The molecule has 0 saturated heterocycles.